The average molecular weight is 251 g/mol. The Morgan fingerprint density at radius 2 is 2.11 bits per heavy atom. The molecule has 4 unspecified atom stereocenters. The molecule has 4 atom stereocenters. The van der Waals surface area contributed by atoms with Gasteiger partial charge in [-0.05, 0) is 46.1 Å². The van der Waals surface area contributed by atoms with Gasteiger partial charge in [0, 0.05) is 12.6 Å². The van der Waals surface area contributed by atoms with Crippen molar-refractivity contribution in [1.82, 2.24) is 15.1 Å². The zero-order chi connectivity index (χ0) is 12.9. The molecule has 1 N–H and O–H groups in total. The van der Waals surface area contributed by atoms with E-state index in [0.29, 0.717) is 18.0 Å². The summed E-state index contributed by atoms with van der Waals surface area (Å²) in [5.41, 5.74) is -0.342. The summed E-state index contributed by atoms with van der Waals surface area (Å²) in [6.07, 6.45) is 4.78. The van der Waals surface area contributed by atoms with E-state index in [2.05, 4.69) is 29.0 Å². The lowest BCUT2D eigenvalue weighted by molar-refractivity contribution is -0.135. The summed E-state index contributed by atoms with van der Waals surface area (Å²) in [5, 5.41) is 3.49. The second-order valence-corrected chi connectivity index (χ2v) is 6.32. The van der Waals surface area contributed by atoms with Crippen LogP contribution in [0.15, 0.2) is 0 Å². The highest BCUT2D eigenvalue weighted by atomic mass is 16.2. The first-order valence-corrected chi connectivity index (χ1v) is 7.41. The van der Waals surface area contributed by atoms with Crippen LogP contribution in [0.3, 0.4) is 0 Å². The van der Waals surface area contributed by atoms with E-state index in [1.165, 1.54) is 25.9 Å². The normalized spacial score (nSPS) is 44.9. The van der Waals surface area contributed by atoms with Crippen molar-refractivity contribution < 1.29 is 4.79 Å². The van der Waals surface area contributed by atoms with Crippen LogP contribution >= 0.6 is 0 Å². The van der Waals surface area contributed by atoms with Crippen LogP contribution in [0.5, 0.6) is 0 Å². The smallest absolute Gasteiger partial charge is 0.244 e. The third kappa shape index (κ3) is 1.62. The largest absolute Gasteiger partial charge is 0.321 e. The van der Waals surface area contributed by atoms with Gasteiger partial charge in [-0.2, -0.15) is 0 Å². The van der Waals surface area contributed by atoms with E-state index in [-0.39, 0.29) is 11.7 Å². The van der Waals surface area contributed by atoms with Gasteiger partial charge in [0.2, 0.25) is 5.91 Å². The van der Waals surface area contributed by atoms with E-state index in [0.717, 1.165) is 12.8 Å². The van der Waals surface area contributed by atoms with E-state index in [1.807, 2.05) is 6.92 Å². The molecule has 0 aromatic carbocycles. The van der Waals surface area contributed by atoms with Gasteiger partial charge in [0.1, 0.15) is 0 Å². The molecule has 0 aliphatic carbocycles. The van der Waals surface area contributed by atoms with Crippen molar-refractivity contribution in [3.8, 4) is 0 Å². The summed E-state index contributed by atoms with van der Waals surface area (Å²) >= 11 is 0. The Balaban J connectivity index is 1.82. The van der Waals surface area contributed by atoms with Gasteiger partial charge in [-0.1, -0.05) is 6.92 Å². The molecule has 18 heavy (non-hydrogen) atoms. The van der Waals surface area contributed by atoms with Gasteiger partial charge in [-0.3, -0.25) is 15.0 Å². The highest BCUT2D eigenvalue weighted by molar-refractivity contribution is 5.88. The first-order valence-electron chi connectivity index (χ1n) is 7.41. The predicted molar refractivity (Wildman–Crippen MR) is 71.1 cm³/mol. The summed E-state index contributed by atoms with van der Waals surface area (Å²) in [6.45, 7) is 8.69. The SMILES string of the molecule is CCC1(C)NC(C)N(C2CCN3CCCC23)C1=O. The van der Waals surface area contributed by atoms with Crippen LogP contribution in [0.25, 0.3) is 0 Å². The third-order valence-electron chi connectivity index (χ3n) is 5.29. The number of fused-ring (bicyclic) bond motifs is 1. The average Bonchev–Trinajstić information content (AvgIpc) is 2.97. The number of nitrogens with zero attached hydrogens (tertiary/aromatic N) is 2. The van der Waals surface area contributed by atoms with Crippen LogP contribution in [0.2, 0.25) is 0 Å². The third-order valence-corrected chi connectivity index (χ3v) is 5.29. The van der Waals surface area contributed by atoms with Gasteiger partial charge in [0.15, 0.2) is 0 Å². The lowest BCUT2D eigenvalue weighted by Gasteiger charge is -2.32. The summed E-state index contributed by atoms with van der Waals surface area (Å²) in [4.78, 5) is 17.4. The molecule has 0 aromatic rings. The lowest BCUT2D eigenvalue weighted by Crippen LogP contribution is -2.49. The number of carbonyl (C=O) groups excluding carboxylic acids is 1. The zero-order valence-electron chi connectivity index (χ0n) is 11.8. The fraction of sp³-hybridized carbons (Fsp3) is 0.929. The molecule has 4 heteroatoms. The molecular formula is C14H25N3O. The minimum atomic E-state index is -0.342. The Morgan fingerprint density at radius 1 is 1.33 bits per heavy atom. The molecule has 3 aliphatic heterocycles. The van der Waals surface area contributed by atoms with Crippen molar-refractivity contribution >= 4 is 5.91 Å². The maximum atomic E-state index is 12.7. The van der Waals surface area contributed by atoms with Gasteiger partial charge < -0.3 is 4.90 Å². The summed E-state index contributed by atoms with van der Waals surface area (Å²) < 4.78 is 0. The Labute approximate surface area is 110 Å². The molecule has 0 spiro atoms. The molecule has 3 saturated heterocycles. The first-order chi connectivity index (χ1) is 8.57. The second kappa shape index (κ2) is 4.20. The van der Waals surface area contributed by atoms with Crippen molar-refractivity contribution in [2.45, 2.75) is 70.2 Å². The fourth-order valence-corrected chi connectivity index (χ4v) is 4.12. The van der Waals surface area contributed by atoms with Gasteiger partial charge in [0.05, 0.1) is 17.7 Å². The van der Waals surface area contributed by atoms with Crippen molar-refractivity contribution in [1.29, 1.82) is 0 Å². The summed E-state index contributed by atoms with van der Waals surface area (Å²) in [5.74, 6) is 0.316. The van der Waals surface area contributed by atoms with E-state index >= 15 is 0 Å². The second-order valence-electron chi connectivity index (χ2n) is 6.32. The maximum absolute atomic E-state index is 12.7. The minimum absolute atomic E-state index is 0.188. The zero-order valence-corrected chi connectivity index (χ0v) is 11.8. The molecule has 0 aromatic heterocycles. The highest BCUT2D eigenvalue weighted by Gasteiger charge is 2.51. The Hall–Kier alpha value is -0.610. The van der Waals surface area contributed by atoms with Crippen molar-refractivity contribution in [2.24, 2.45) is 0 Å². The molecule has 3 aliphatic rings. The van der Waals surface area contributed by atoms with Crippen molar-refractivity contribution in [2.75, 3.05) is 13.1 Å². The summed E-state index contributed by atoms with van der Waals surface area (Å²) in [7, 11) is 0. The summed E-state index contributed by atoms with van der Waals surface area (Å²) in [6, 6.07) is 1.06. The molecule has 0 saturated carbocycles. The number of amides is 1. The van der Waals surface area contributed by atoms with Gasteiger partial charge in [-0.15, -0.1) is 0 Å². The van der Waals surface area contributed by atoms with E-state index in [4.69, 9.17) is 0 Å². The van der Waals surface area contributed by atoms with E-state index in [1.54, 1.807) is 0 Å². The lowest BCUT2D eigenvalue weighted by atomic mass is 9.97. The number of rotatable bonds is 2. The van der Waals surface area contributed by atoms with Crippen molar-refractivity contribution in [3.05, 3.63) is 0 Å². The number of nitrogens with one attached hydrogen (secondary N) is 1. The number of carbonyl (C=O) groups is 1. The molecule has 0 bridgehead atoms. The molecule has 4 nitrogen and oxygen atoms in total. The molecule has 0 radical (unpaired) electrons. The first kappa shape index (κ1) is 12.4. The monoisotopic (exact) mass is 251 g/mol. The molecule has 3 heterocycles. The maximum Gasteiger partial charge on any atom is 0.244 e. The minimum Gasteiger partial charge on any atom is -0.321 e. The molecule has 3 rings (SSSR count). The van der Waals surface area contributed by atoms with E-state index < -0.39 is 0 Å². The van der Waals surface area contributed by atoms with Crippen LogP contribution in [0.4, 0.5) is 0 Å². The predicted octanol–water partition coefficient (Wildman–Crippen LogP) is 1.17. The number of hydrogen-bond donors (Lipinski definition) is 1. The van der Waals surface area contributed by atoms with Gasteiger partial charge in [-0.25, -0.2) is 0 Å². The van der Waals surface area contributed by atoms with Crippen LogP contribution < -0.4 is 5.32 Å². The van der Waals surface area contributed by atoms with Crippen molar-refractivity contribution in [3.63, 3.8) is 0 Å². The van der Waals surface area contributed by atoms with Gasteiger partial charge >= 0.3 is 0 Å². The Morgan fingerprint density at radius 3 is 2.78 bits per heavy atom. The fourth-order valence-electron chi connectivity index (χ4n) is 4.12. The quantitative estimate of drug-likeness (QED) is 0.800. The standard InChI is InChI=1S/C14H25N3O/c1-4-14(3)13(18)17(10(2)15-14)12-7-9-16-8-5-6-11(12)16/h10-12,15H,4-9H2,1-3H3. The molecular weight excluding hydrogens is 226 g/mol. The molecule has 3 fully saturated rings. The van der Waals surface area contributed by atoms with E-state index in [9.17, 15) is 4.79 Å². The Bertz CT molecular complexity index is 359. The van der Waals surface area contributed by atoms with Gasteiger partial charge in [0.25, 0.3) is 0 Å². The number of hydrogen-bond acceptors (Lipinski definition) is 3. The van der Waals surface area contributed by atoms with Crippen LogP contribution in [0, 0.1) is 0 Å². The van der Waals surface area contributed by atoms with Crippen LogP contribution in [-0.4, -0.2) is 52.6 Å². The topological polar surface area (TPSA) is 35.6 Å². The van der Waals surface area contributed by atoms with Crippen LogP contribution in [-0.2, 0) is 4.79 Å². The van der Waals surface area contributed by atoms with Crippen LogP contribution in [0.1, 0.15) is 46.5 Å². The molecule has 1 amide bonds. The highest BCUT2D eigenvalue weighted by Crippen LogP contribution is 2.35. The molecule has 102 valence electrons. The Kier molecular flexibility index (Phi) is 2.90.